The van der Waals surface area contributed by atoms with Gasteiger partial charge in [-0.3, -0.25) is 4.52 Å². The minimum Gasteiger partial charge on any atom is -0.470 e. The van der Waals surface area contributed by atoms with Crippen molar-refractivity contribution in [3.8, 4) is 17.2 Å². The van der Waals surface area contributed by atoms with Crippen molar-refractivity contribution in [3.63, 3.8) is 0 Å². The number of aromatic nitrogens is 1. The maximum absolute atomic E-state index is 11.1. The van der Waals surface area contributed by atoms with Gasteiger partial charge >= 0.3 is 7.82 Å². The normalized spacial score (nSPS) is 13.4. The first-order valence-corrected chi connectivity index (χ1v) is 17.4. The van der Waals surface area contributed by atoms with Crippen molar-refractivity contribution in [1.29, 1.82) is 0 Å². The Morgan fingerprint density at radius 2 is 1.45 bits per heavy atom. The SMILES string of the molecule is CCCCCCCCCCCCCCCCOCC(CC(Br)COP(=O)(O)O)Oc1cc(-c2ccccc2)on1. The number of phosphoric ester groups is 1. The largest absolute Gasteiger partial charge is 0.470 e. The number of benzene rings is 1. The molecule has 40 heavy (non-hydrogen) atoms. The van der Waals surface area contributed by atoms with Crippen molar-refractivity contribution in [2.75, 3.05) is 19.8 Å². The lowest BCUT2D eigenvalue weighted by Gasteiger charge is -2.20. The molecule has 0 saturated carbocycles. The lowest BCUT2D eigenvalue weighted by molar-refractivity contribution is 0.0383. The first kappa shape index (κ1) is 35.0. The monoisotopic (exact) mass is 645 g/mol. The van der Waals surface area contributed by atoms with Gasteiger partial charge in [-0.1, -0.05) is 137 Å². The molecular weight excluding hydrogens is 597 g/mol. The van der Waals surface area contributed by atoms with Crippen LogP contribution in [0.25, 0.3) is 11.3 Å². The predicted octanol–water partition coefficient (Wildman–Crippen LogP) is 8.85. The molecule has 1 aromatic carbocycles. The van der Waals surface area contributed by atoms with Crippen LogP contribution < -0.4 is 4.74 Å². The van der Waals surface area contributed by atoms with Crippen molar-refractivity contribution < 1.29 is 32.9 Å². The summed E-state index contributed by atoms with van der Waals surface area (Å²) in [7, 11) is -4.54. The molecule has 228 valence electrons. The smallest absolute Gasteiger partial charge is 0.469 e. The van der Waals surface area contributed by atoms with Crippen molar-refractivity contribution >= 4 is 23.8 Å². The van der Waals surface area contributed by atoms with Crippen LogP contribution in [-0.2, 0) is 13.8 Å². The first-order chi connectivity index (χ1) is 19.4. The molecule has 2 atom stereocenters. The first-order valence-electron chi connectivity index (χ1n) is 15.0. The number of unbranched alkanes of at least 4 members (excludes halogenated alkanes) is 13. The molecule has 0 radical (unpaired) electrons. The number of alkyl halides is 1. The Balaban J connectivity index is 1.63. The molecule has 10 heteroatoms. The fourth-order valence-electron chi connectivity index (χ4n) is 4.52. The molecule has 2 unspecified atom stereocenters. The van der Waals surface area contributed by atoms with Gasteiger partial charge in [-0.15, -0.1) is 0 Å². The third-order valence-electron chi connectivity index (χ3n) is 6.72. The highest BCUT2D eigenvalue weighted by Crippen LogP contribution is 2.36. The van der Waals surface area contributed by atoms with E-state index in [2.05, 4.69) is 32.5 Å². The summed E-state index contributed by atoms with van der Waals surface area (Å²) in [6.45, 7) is 3.07. The second-order valence-corrected chi connectivity index (χ2v) is 13.0. The topological polar surface area (TPSA) is 111 Å². The van der Waals surface area contributed by atoms with Crippen LogP contribution in [0.1, 0.15) is 103 Å². The van der Waals surface area contributed by atoms with Crippen LogP contribution >= 0.6 is 23.8 Å². The van der Waals surface area contributed by atoms with Crippen molar-refractivity contribution in [3.05, 3.63) is 36.4 Å². The van der Waals surface area contributed by atoms with E-state index in [1.54, 1.807) is 6.07 Å². The highest BCUT2D eigenvalue weighted by atomic mass is 79.9. The predicted molar refractivity (Wildman–Crippen MR) is 163 cm³/mol. The molecule has 0 fully saturated rings. The summed E-state index contributed by atoms with van der Waals surface area (Å²) in [5.74, 6) is 0.928. The average Bonchev–Trinajstić information content (AvgIpc) is 3.40. The molecule has 2 rings (SSSR count). The molecule has 8 nitrogen and oxygen atoms in total. The molecule has 0 aliphatic heterocycles. The van der Waals surface area contributed by atoms with Gasteiger partial charge in [-0.25, -0.2) is 4.57 Å². The number of rotatable bonds is 25. The Kier molecular flexibility index (Phi) is 18.8. The summed E-state index contributed by atoms with van der Waals surface area (Å²) in [5, 5.41) is 4.03. The zero-order valence-electron chi connectivity index (χ0n) is 24.1. The maximum Gasteiger partial charge on any atom is 0.469 e. The van der Waals surface area contributed by atoms with E-state index in [0.717, 1.165) is 18.4 Å². The van der Waals surface area contributed by atoms with Crippen LogP contribution in [0.3, 0.4) is 0 Å². The van der Waals surface area contributed by atoms with E-state index < -0.39 is 13.9 Å². The minimum absolute atomic E-state index is 0.156. The van der Waals surface area contributed by atoms with E-state index in [9.17, 15) is 4.57 Å². The molecule has 0 aliphatic rings. The average molecular weight is 647 g/mol. The van der Waals surface area contributed by atoms with Crippen LogP contribution in [0.15, 0.2) is 40.9 Å². The fraction of sp³-hybridized carbons (Fsp3) is 0.700. The Labute approximate surface area is 248 Å². The number of hydrogen-bond donors (Lipinski definition) is 2. The lowest BCUT2D eigenvalue weighted by atomic mass is 10.0. The van der Waals surface area contributed by atoms with Crippen molar-refractivity contribution in [2.45, 2.75) is 114 Å². The minimum atomic E-state index is -4.54. The highest BCUT2D eigenvalue weighted by molar-refractivity contribution is 9.09. The fourth-order valence-corrected chi connectivity index (χ4v) is 5.65. The summed E-state index contributed by atoms with van der Waals surface area (Å²) >= 11 is 3.43. The third-order valence-corrected chi connectivity index (χ3v) is 7.85. The van der Waals surface area contributed by atoms with E-state index in [0.29, 0.717) is 31.3 Å². The van der Waals surface area contributed by atoms with E-state index >= 15 is 0 Å². The lowest BCUT2D eigenvalue weighted by Crippen LogP contribution is -2.28. The van der Waals surface area contributed by atoms with Gasteiger partial charge < -0.3 is 23.8 Å². The second kappa shape index (κ2) is 21.5. The number of halogens is 1. The number of nitrogens with zero attached hydrogens (tertiary/aromatic N) is 1. The van der Waals surface area contributed by atoms with Crippen LogP contribution in [-0.4, -0.2) is 45.7 Å². The summed E-state index contributed by atoms with van der Waals surface area (Å²) < 4.78 is 33.1. The van der Waals surface area contributed by atoms with E-state index in [-0.39, 0.29) is 11.4 Å². The van der Waals surface area contributed by atoms with Gasteiger partial charge in [-0.2, -0.15) is 0 Å². The molecule has 2 aromatic rings. The Bertz CT molecular complexity index is 924. The van der Waals surface area contributed by atoms with Gasteiger partial charge in [-0.05, 0) is 11.6 Å². The molecule has 1 heterocycles. The second-order valence-electron chi connectivity index (χ2n) is 10.4. The maximum atomic E-state index is 11.1. The molecule has 2 N–H and O–H groups in total. The van der Waals surface area contributed by atoms with Crippen molar-refractivity contribution in [1.82, 2.24) is 5.16 Å². The zero-order valence-corrected chi connectivity index (χ0v) is 26.5. The zero-order chi connectivity index (χ0) is 28.9. The molecular formula is C30H49BrNO7P. The Morgan fingerprint density at radius 1 is 0.875 bits per heavy atom. The molecule has 0 aliphatic carbocycles. The number of phosphoric acid groups is 1. The van der Waals surface area contributed by atoms with E-state index in [1.807, 2.05) is 30.3 Å². The quantitative estimate of drug-likeness (QED) is 0.0625. The van der Waals surface area contributed by atoms with E-state index in [4.69, 9.17) is 23.8 Å². The number of ether oxygens (including phenoxy) is 2. The third kappa shape index (κ3) is 17.6. The Morgan fingerprint density at radius 3 is 2.02 bits per heavy atom. The van der Waals surface area contributed by atoms with E-state index in [1.165, 1.54) is 77.0 Å². The van der Waals surface area contributed by atoms with Gasteiger partial charge in [0.2, 0.25) is 0 Å². The molecule has 0 saturated heterocycles. The van der Waals surface area contributed by atoms with Gasteiger partial charge in [0.25, 0.3) is 5.88 Å². The van der Waals surface area contributed by atoms with Crippen LogP contribution in [0.2, 0.25) is 0 Å². The molecule has 0 spiro atoms. The standard InChI is InChI=1S/C30H49BrNO7P/c1-2-3-4-5-6-7-8-9-10-11-12-13-14-18-21-36-25-28(22-27(31)24-37-40(33,34)35)38-30-23-29(39-32-30)26-19-16-15-17-20-26/h15-17,19-20,23,27-28H,2-14,18,21-22,24-25H2,1H3,(H2,33,34,35). The highest BCUT2D eigenvalue weighted by Gasteiger charge is 2.22. The number of hydrogen-bond acceptors (Lipinski definition) is 6. The van der Waals surface area contributed by atoms with Crippen molar-refractivity contribution in [2.24, 2.45) is 0 Å². The van der Waals surface area contributed by atoms with Gasteiger partial charge in [0.05, 0.1) is 13.2 Å². The van der Waals surface area contributed by atoms with Crippen LogP contribution in [0.4, 0.5) is 0 Å². The summed E-state index contributed by atoms with van der Waals surface area (Å²) in [6.07, 6.45) is 18.4. The van der Waals surface area contributed by atoms with Crippen LogP contribution in [0.5, 0.6) is 5.88 Å². The molecule has 0 amide bonds. The Hall–Kier alpha value is -1.22. The summed E-state index contributed by atoms with van der Waals surface area (Å²) in [5.41, 5.74) is 0.892. The molecule has 0 bridgehead atoms. The van der Waals surface area contributed by atoms with Gasteiger partial charge in [0.15, 0.2) is 5.76 Å². The van der Waals surface area contributed by atoms with Gasteiger partial charge in [0, 0.05) is 29.5 Å². The van der Waals surface area contributed by atoms with Gasteiger partial charge in [0.1, 0.15) is 6.10 Å². The molecule has 1 aromatic heterocycles. The summed E-state index contributed by atoms with van der Waals surface area (Å²) in [6, 6.07) is 11.3. The van der Waals surface area contributed by atoms with Crippen LogP contribution in [0, 0.1) is 0 Å². The summed E-state index contributed by atoms with van der Waals surface area (Å²) in [4.78, 5) is 17.7.